The molecule has 0 saturated carbocycles. The molecule has 0 aliphatic carbocycles. The highest BCUT2D eigenvalue weighted by Crippen LogP contribution is 2.28. The highest BCUT2D eigenvalue weighted by atomic mass is 32.1. The van der Waals surface area contributed by atoms with Gasteiger partial charge in [-0.25, -0.2) is 4.98 Å². The van der Waals surface area contributed by atoms with Crippen molar-refractivity contribution in [1.29, 1.82) is 5.26 Å². The molecule has 4 heteroatoms. The van der Waals surface area contributed by atoms with Crippen LogP contribution in [0.3, 0.4) is 0 Å². The Balaban J connectivity index is 1.95. The first-order valence-electron chi connectivity index (χ1n) is 5.54. The Labute approximate surface area is 104 Å². The monoisotopic (exact) mass is 241 g/mol. The van der Waals surface area contributed by atoms with Gasteiger partial charge in [-0.3, -0.25) is 0 Å². The first-order valence-corrected chi connectivity index (χ1v) is 6.42. The molecule has 2 aromatic heterocycles. The van der Waals surface area contributed by atoms with Crippen molar-refractivity contribution < 1.29 is 0 Å². The van der Waals surface area contributed by atoms with E-state index in [2.05, 4.69) is 27.4 Å². The van der Waals surface area contributed by atoms with E-state index in [1.54, 1.807) is 6.20 Å². The highest BCUT2D eigenvalue weighted by molar-refractivity contribution is 7.10. The molecule has 0 saturated heterocycles. The van der Waals surface area contributed by atoms with Gasteiger partial charge in [-0.1, -0.05) is 0 Å². The zero-order valence-electron chi connectivity index (χ0n) is 9.26. The van der Waals surface area contributed by atoms with Crippen LogP contribution in [0.25, 0.3) is 0 Å². The summed E-state index contributed by atoms with van der Waals surface area (Å²) in [4.78, 5) is 7.99. The Hall–Kier alpha value is -1.86. The number of aromatic nitrogens is 1. The Morgan fingerprint density at radius 3 is 3.24 bits per heavy atom. The van der Waals surface area contributed by atoms with Crippen LogP contribution in [0.2, 0.25) is 0 Å². The van der Waals surface area contributed by atoms with Gasteiger partial charge in [0.1, 0.15) is 11.9 Å². The number of nitrogens with zero attached hydrogens (tertiary/aromatic N) is 3. The van der Waals surface area contributed by atoms with Crippen LogP contribution in [0.4, 0.5) is 5.82 Å². The first-order chi connectivity index (χ1) is 8.38. The number of fused-ring (bicyclic) bond motifs is 1. The summed E-state index contributed by atoms with van der Waals surface area (Å²) >= 11 is 1.82. The number of anilines is 1. The van der Waals surface area contributed by atoms with Gasteiger partial charge in [0.05, 0.1) is 5.56 Å². The molecule has 0 fully saturated rings. The van der Waals surface area contributed by atoms with E-state index in [0.29, 0.717) is 5.56 Å². The van der Waals surface area contributed by atoms with Crippen LogP contribution >= 0.6 is 11.3 Å². The molecule has 0 N–H and O–H groups in total. The molecule has 0 spiro atoms. The maximum atomic E-state index is 9.09. The number of hydrogen-bond donors (Lipinski definition) is 0. The SMILES string of the molecule is N#Cc1cccnc1N1CCc2sccc2C1. The molecule has 3 rings (SSSR count). The third kappa shape index (κ3) is 1.79. The van der Waals surface area contributed by atoms with Crippen LogP contribution in [0.15, 0.2) is 29.8 Å². The maximum absolute atomic E-state index is 9.09. The lowest BCUT2D eigenvalue weighted by molar-refractivity contribution is 0.731. The predicted molar refractivity (Wildman–Crippen MR) is 68.0 cm³/mol. The van der Waals surface area contributed by atoms with Crippen molar-refractivity contribution in [3.8, 4) is 6.07 Å². The van der Waals surface area contributed by atoms with Crippen molar-refractivity contribution in [3.63, 3.8) is 0 Å². The lowest BCUT2D eigenvalue weighted by Gasteiger charge is -2.28. The van der Waals surface area contributed by atoms with Crippen molar-refractivity contribution in [2.45, 2.75) is 13.0 Å². The Morgan fingerprint density at radius 2 is 2.35 bits per heavy atom. The van der Waals surface area contributed by atoms with Crippen LogP contribution in [-0.2, 0) is 13.0 Å². The molecule has 0 radical (unpaired) electrons. The summed E-state index contributed by atoms with van der Waals surface area (Å²) < 4.78 is 0. The second kappa shape index (κ2) is 4.19. The third-order valence-electron chi connectivity index (χ3n) is 3.01. The topological polar surface area (TPSA) is 39.9 Å². The fraction of sp³-hybridized carbons (Fsp3) is 0.231. The van der Waals surface area contributed by atoms with Crippen LogP contribution in [-0.4, -0.2) is 11.5 Å². The lowest BCUT2D eigenvalue weighted by Crippen LogP contribution is -2.30. The standard InChI is InChI=1S/C13H11N3S/c14-8-10-2-1-5-15-13(10)16-6-3-12-11(9-16)4-7-17-12/h1-2,4-5,7H,3,6,9H2. The summed E-state index contributed by atoms with van der Waals surface area (Å²) in [6, 6.07) is 8.01. The van der Waals surface area contributed by atoms with Crippen LogP contribution in [0.1, 0.15) is 16.0 Å². The van der Waals surface area contributed by atoms with E-state index in [4.69, 9.17) is 5.26 Å². The molecule has 0 amide bonds. The summed E-state index contributed by atoms with van der Waals surface area (Å²) in [5, 5.41) is 11.2. The Morgan fingerprint density at radius 1 is 1.41 bits per heavy atom. The van der Waals surface area contributed by atoms with Gasteiger partial charge in [-0.2, -0.15) is 5.26 Å². The zero-order chi connectivity index (χ0) is 11.7. The third-order valence-corrected chi connectivity index (χ3v) is 4.04. The van der Waals surface area contributed by atoms with Crippen molar-refractivity contribution in [1.82, 2.24) is 4.98 Å². The fourth-order valence-corrected chi connectivity index (χ4v) is 3.06. The van der Waals surface area contributed by atoms with E-state index in [0.717, 1.165) is 25.3 Å². The molecular weight excluding hydrogens is 230 g/mol. The van der Waals surface area contributed by atoms with E-state index in [1.165, 1.54) is 10.4 Å². The van der Waals surface area contributed by atoms with Crippen LogP contribution in [0, 0.1) is 11.3 Å². The summed E-state index contributed by atoms with van der Waals surface area (Å²) in [7, 11) is 0. The number of nitriles is 1. The van der Waals surface area contributed by atoms with E-state index < -0.39 is 0 Å². The minimum Gasteiger partial charge on any atom is -0.351 e. The number of rotatable bonds is 1. The molecule has 0 unspecified atom stereocenters. The molecule has 1 aliphatic rings. The first kappa shape index (κ1) is 10.3. The second-order valence-electron chi connectivity index (χ2n) is 4.03. The summed E-state index contributed by atoms with van der Waals surface area (Å²) in [5.41, 5.74) is 2.03. The molecule has 84 valence electrons. The van der Waals surface area contributed by atoms with E-state index in [9.17, 15) is 0 Å². The van der Waals surface area contributed by atoms with Gasteiger partial charge in [-0.05, 0) is 35.6 Å². The largest absolute Gasteiger partial charge is 0.351 e. The Bertz CT molecular complexity index is 582. The van der Waals surface area contributed by atoms with E-state index in [-0.39, 0.29) is 0 Å². The molecule has 2 aromatic rings. The molecular formula is C13H11N3S. The number of hydrogen-bond acceptors (Lipinski definition) is 4. The van der Waals surface area contributed by atoms with E-state index >= 15 is 0 Å². The molecule has 3 nitrogen and oxygen atoms in total. The average Bonchev–Trinajstić information content (AvgIpc) is 2.85. The summed E-state index contributed by atoms with van der Waals surface area (Å²) in [6.07, 6.45) is 2.80. The lowest BCUT2D eigenvalue weighted by atomic mass is 10.1. The smallest absolute Gasteiger partial charge is 0.146 e. The molecule has 17 heavy (non-hydrogen) atoms. The van der Waals surface area contributed by atoms with Crippen molar-refractivity contribution in [3.05, 3.63) is 45.8 Å². The normalized spacial score (nSPS) is 14.2. The molecule has 0 aromatic carbocycles. The zero-order valence-corrected chi connectivity index (χ0v) is 10.1. The number of thiophene rings is 1. The van der Waals surface area contributed by atoms with Crippen molar-refractivity contribution in [2.75, 3.05) is 11.4 Å². The molecule has 0 bridgehead atoms. The van der Waals surface area contributed by atoms with Gasteiger partial charge in [0, 0.05) is 24.2 Å². The van der Waals surface area contributed by atoms with Crippen LogP contribution in [0.5, 0.6) is 0 Å². The van der Waals surface area contributed by atoms with Gasteiger partial charge in [0.2, 0.25) is 0 Å². The Kier molecular flexibility index (Phi) is 2.54. The van der Waals surface area contributed by atoms with Crippen molar-refractivity contribution >= 4 is 17.2 Å². The number of pyridine rings is 1. The molecule has 0 atom stereocenters. The fourth-order valence-electron chi connectivity index (χ4n) is 2.17. The van der Waals surface area contributed by atoms with E-state index in [1.807, 2.05) is 23.5 Å². The van der Waals surface area contributed by atoms with Gasteiger partial charge >= 0.3 is 0 Å². The van der Waals surface area contributed by atoms with Gasteiger partial charge < -0.3 is 4.90 Å². The van der Waals surface area contributed by atoms with Crippen LogP contribution < -0.4 is 4.90 Å². The van der Waals surface area contributed by atoms with Crippen molar-refractivity contribution in [2.24, 2.45) is 0 Å². The second-order valence-corrected chi connectivity index (χ2v) is 5.03. The average molecular weight is 241 g/mol. The maximum Gasteiger partial charge on any atom is 0.146 e. The summed E-state index contributed by atoms with van der Waals surface area (Å²) in [6.45, 7) is 1.81. The minimum absolute atomic E-state index is 0.658. The van der Waals surface area contributed by atoms with Gasteiger partial charge in [-0.15, -0.1) is 11.3 Å². The predicted octanol–water partition coefficient (Wildman–Crippen LogP) is 2.58. The summed E-state index contributed by atoms with van der Waals surface area (Å²) in [5.74, 6) is 0.812. The van der Waals surface area contributed by atoms with Gasteiger partial charge in [0.15, 0.2) is 0 Å². The molecule has 3 heterocycles. The molecule has 1 aliphatic heterocycles. The quantitative estimate of drug-likeness (QED) is 0.770. The highest BCUT2D eigenvalue weighted by Gasteiger charge is 2.20. The minimum atomic E-state index is 0.658. The van der Waals surface area contributed by atoms with Gasteiger partial charge in [0.25, 0.3) is 0 Å².